The van der Waals surface area contributed by atoms with Gasteiger partial charge in [-0.3, -0.25) is 0 Å². The van der Waals surface area contributed by atoms with E-state index in [-0.39, 0.29) is 0 Å². The van der Waals surface area contributed by atoms with Gasteiger partial charge >= 0.3 is 0 Å². The van der Waals surface area contributed by atoms with Crippen LogP contribution in [0.15, 0.2) is 22.8 Å². The molecule has 0 unspecified atom stereocenters. The quantitative estimate of drug-likeness (QED) is 0.845. The summed E-state index contributed by atoms with van der Waals surface area (Å²) in [6, 6.07) is 5.82. The molecule has 0 saturated heterocycles. The Morgan fingerprint density at radius 3 is 2.84 bits per heavy atom. The molecule has 0 bridgehead atoms. The van der Waals surface area contributed by atoms with Crippen LogP contribution in [0.3, 0.4) is 0 Å². The van der Waals surface area contributed by atoms with Crippen LogP contribution >= 0.6 is 0 Å². The maximum absolute atomic E-state index is 5.71. The van der Waals surface area contributed by atoms with Gasteiger partial charge in [0.2, 0.25) is 0 Å². The topological polar surface area (TPSA) is 74.2 Å². The summed E-state index contributed by atoms with van der Waals surface area (Å²) >= 11 is 0. The van der Waals surface area contributed by atoms with Gasteiger partial charge in [0, 0.05) is 0 Å². The first kappa shape index (κ1) is 13.1. The molecular formula is C14H15N3O2. The van der Waals surface area contributed by atoms with Crippen LogP contribution in [0.5, 0.6) is 5.75 Å². The summed E-state index contributed by atoms with van der Waals surface area (Å²) in [6.07, 6.45) is 0. The molecule has 0 spiro atoms. The molecule has 0 aliphatic heterocycles. The lowest BCUT2D eigenvalue weighted by Gasteiger charge is -2.07. The first-order valence-corrected chi connectivity index (χ1v) is 5.91. The van der Waals surface area contributed by atoms with Crippen molar-refractivity contribution in [3.8, 4) is 17.6 Å². The van der Waals surface area contributed by atoms with Gasteiger partial charge in [-0.15, -0.1) is 0 Å². The third-order valence-electron chi connectivity index (χ3n) is 2.57. The molecule has 1 heterocycles. The second-order valence-corrected chi connectivity index (χ2v) is 4.09. The van der Waals surface area contributed by atoms with Crippen molar-refractivity contribution in [3.63, 3.8) is 0 Å². The maximum Gasteiger partial charge on any atom is 0.145 e. The Hall–Kier alpha value is -2.32. The maximum atomic E-state index is 5.71. The lowest BCUT2D eigenvalue weighted by Crippen LogP contribution is -2.00. The molecule has 0 saturated carbocycles. The number of aromatic nitrogens is 2. The Kier molecular flexibility index (Phi) is 4.16. The standard InChI is InChI=1S/C14H15N3O2/c1-10-5-6-14(12(8-10)4-3-7-15)18-9-13-11(2)16-19-17-13/h5-6,8H,7,9,15H2,1-2H3. The number of ether oxygens (including phenoxy) is 1. The molecule has 2 rings (SSSR count). The molecule has 5 heteroatoms. The Balaban J connectivity index is 2.17. The molecule has 98 valence electrons. The number of nitrogens with zero attached hydrogens (tertiary/aromatic N) is 2. The summed E-state index contributed by atoms with van der Waals surface area (Å²) in [5.41, 5.74) is 8.73. The fourth-order valence-corrected chi connectivity index (χ4v) is 1.54. The monoisotopic (exact) mass is 257 g/mol. The predicted octanol–water partition coefficient (Wildman–Crippen LogP) is 1.58. The number of hydrogen-bond donors (Lipinski definition) is 1. The summed E-state index contributed by atoms with van der Waals surface area (Å²) in [6.45, 7) is 4.44. The molecular weight excluding hydrogens is 242 g/mol. The van der Waals surface area contributed by atoms with Crippen LogP contribution in [0.1, 0.15) is 22.5 Å². The minimum absolute atomic E-state index is 0.301. The Morgan fingerprint density at radius 1 is 1.32 bits per heavy atom. The van der Waals surface area contributed by atoms with Crippen molar-refractivity contribution in [1.82, 2.24) is 10.3 Å². The summed E-state index contributed by atoms with van der Waals surface area (Å²) < 4.78 is 10.3. The average molecular weight is 257 g/mol. The van der Waals surface area contributed by atoms with Gasteiger partial charge in [-0.05, 0) is 31.5 Å². The van der Waals surface area contributed by atoms with Crippen molar-refractivity contribution in [3.05, 3.63) is 40.7 Å². The first-order valence-electron chi connectivity index (χ1n) is 5.91. The molecule has 5 nitrogen and oxygen atoms in total. The highest BCUT2D eigenvalue weighted by Crippen LogP contribution is 2.20. The van der Waals surface area contributed by atoms with E-state index in [9.17, 15) is 0 Å². The van der Waals surface area contributed by atoms with Crippen LogP contribution in [0.25, 0.3) is 0 Å². The zero-order chi connectivity index (χ0) is 13.7. The molecule has 2 aromatic rings. The van der Waals surface area contributed by atoms with E-state index < -0.39 is 0 Å². The van der Waals surface area contributed by atoms with Gasteiger partial charge in [0.1, 0.15) is 23.7 Å². The van der Waals surface area contributed by atoms with Crippen molar-refractivity contribution in [2.75, 3.05) is 6.54 Å². The van der Waals surface area contributed by atoms with Gasteiger partial charge in [-0.25, -0.2) is 4.63 Å². The van der Waals surface area contributed by atoms with Crippen LogP contribution in [0, 0.1) is 25.7 Å². The summed E-state index contributed by atoms with van der Waals surface area (Å²) in [5, 5.41) is 7.48. The van der Waals surface area contributed by atoms with Gasteiger partial charge in [0.25, 0.3) is 0 Å². The van der Waals surface area contributed by atoms with Crippen LogP contribution in [-0.2, 0) is 6.61 Å². The number of nitrogens with two attached hydrogens (primary N) is 1. The highest BCUT2D eigenvalue weighted by atomic mass is 16.6. The molecule has 0 aliphatic carbocycles. The minimum atomic E-state index is 0.301. The zero-order valence-electron chi connectivity index (χ0n) is 10.9. The molecule has 0 radical (unpaired) electrons. The summed E-state index contributed by atoms with van der Waals surface area (Å²) in [7, 11) is 0. The highest BCUT2D eigenvalue weighted by molar-refractivity contribution is 5.48. The molecule has 2 N–H and O–H groups in total. The molecule has 1 aromatic carbocycles. The van der Waals surface area contributed by atoms with E-state index in [1.807, 2.05) is 32.0 Å². The SMILES string of the molecule is Cc1ccc(OCc2nonc2C)c(C#CCN)c1. The van der Waals surface area contributed by atoms with Crippen LogP contribution < -0.4 is 10.5 Å². The number of rotatable bonds is 3. The molecule has 19 heavy (non-hydrogen) atoms. The van der Waals surface area contributed by atoms with Gasteiger partial charge in [-0.1, -0.05) is 28.2 Å². The summed E-state index contributed by atoms with van der Waals surface area (Å²) in [4.78, 5) is 0. The first-order chi connectivity index (χ1) is 9.20. The number of aryl methyl sites for hydroxylation is 2. The van der Waals surface area contributed by atoms with Crippen molar-refractivity contribution in [2.24, 2.45) is 5.73 Å². The van der Waals surface area contributed by atoms with Crippen LogP contribution in [0.4, 0.5) is 0 Å². The van der Waals surface area contributed by atoms with E-state index in [2.05, 4.69) is 26.8 Å². The van der Waals surface area contributed by atoms with E-state index in [4.69, 9.17) is 10.5 Å². The summed E-state index contributed by atoms with van der Waals surface area (Å²) in [5.74, 6) is 6.53. The molecule has 0 fully saturated rings. The number of hydrogen-bond acceptors (Lipinski definition) is 5. The second-order valence-electron chi connectivity index (χ2n) is 4.09. The molecule has 0 atom stereocenters. The van der Waals surface area contributed by atoms with Gasteiger partial charge in [-0.2, -0.15) is 0 Å². The van der Waals surface area contributed by atoms with Gasteiger partial charge in [0.15, 0.2) is 0 Å². The number of benzene rings is 1. The van der Waals surface area contributed by atoms with Crippen molar-refractivity contribution < 1.29 is 9.37 Å². The van der Waals surface area contributed by atoms with E-state index >= 15 is 0 Å². The van der Waals surface area contributed by atoms with E-state index in [1.54, 1.807) is 0 Å². The lowest BCUT2D eigenvalue weighted by atomic mass is 10.1. The Bertz CT molecular complexity index is 623. The van der Waals surface area contributed by atoms with Gasteiger partial charge < -0.3 is 10.5 Å². The lowest BCUT2D eigenvalue weighted by molar-refractivity contribution is 0.269. The van der Waals surface area contributed by atoms with Crippen molar-refractivity contribution in [1.29, 1.82) is 0 Å². The van der Waals surface area contributed by atoms with Crippen LogP contribution in [0.2, 0.25) is 0 Å². The Morgan fingerprint density at radius 2 is 2.16 bits per heavy atom. The fraction of sp³-hybridized carbons (Fsp3) is 0.286. The molecule has 0 amide bonds. The smallest absolute Gasteiger partial charge is 0.145 e. The normalized spacial score (nSPS) is 9.84. The van der Waals surface area contributed by atoms with Crippen LogP contribution in [-0.4, -0.2) is 16.9 Å². The molecule has 1 aromatic heterocycles. The van der Waals surface area contributed by atoms with E-state index in [1.165, 1.54) is 0 Å². The molecule has 0 aliphatic rings. The fourth-order valence-electron chi connectivity index (χ4n) is 1.54. The second kappa shape index (κ2) is 6.03. The zero-order valence-corrected chi connectivity index (χ0v) is 10.9. The van der Waals surface area contributed by atoms with Gasteiger partial charge in [0.05, 0.1) is 12.1 Å². The Labute approximate surface area is 111 Å². The average Bonchev–Trinajstić information content (AvgIpc) is 2.81. The third-order valence-corrected chi connectivity index (χ3v) is 2.57. The van der Waals surface area contributed by atoms with E-state index in [0.29, 0.717) is 24.6 Å². The highest BCUT2D eigenvalue weighted by Gasteiger charge is 2.08. The van der Waals surface area contributed by atoms with Crippen molar-refractivity contribution >= 4 is 0 Å². The van der Waals surface area contributed by atoms with E-state index in [0.717, 1.165) is 16.8 Å². The largest absolute Gasteiger partial charge is 0.486 e. The third kappa shape index (κ3) is 3.33. The minimum Gasteiger partial charge on any atom is -0.486 e. The van der Waals surface area contributed by atoms with Crippen molar-refractivity contribution in [2.45, 2.75) is 20.5 Å². The predicted molar refractivity (Wildman–Crippen MR) is 70.5 cm³/mol.